The summed E-state index contributed by atoms with van der Waals surface area (Å²) in [5.41, 5.74) is 1.45. The van der Waals surface area contributed by atoms with Crippen LogP contribution < -0.4 is 9.47 Å². The highest BCUT2D eigenvalue weighted by molar-refractivity contribution is 6.04. The van der Waals surface area contributed by atoms with E-state index in [1.807, 2.05) is 0 Å². The van der Waals surface area contributed by atoms with E-state index < -0.39 is 0 Å². The third-order valence-corrected chi connectivity index (χ3v) is 3.68. The third-order valence-electron chi connectivity index (χ3n) is 3.68. The maximum absolute atomic E-state index is 13.0. The fourth-order valence-corrected chi connectivity index (χ4v) is 2.32. The lowest BCUT2D eigenvalue weighted by molar-refractivity contribution is 0.0509. The van der Waals surface area contributed by atoms with Crippen LogP contribution in [0.25, 0.3) is 6.08 Å². The molecule has 28 heavy (non-hydrogen) atoms. The average molecular weight is 383 g/mol. The number of H-pyrrole nitrogens is 1. The molecule has 0 amide bonds. The highest BCUT2D eigenvalue weighted by Crippen LogP contribution is 2.26. The van der Waals surface area contributed by atoms with Gasteiger partial charge in [0.25, 0.3) is 0 Å². The van der Waals surface area contributed by atoms with Crippen LogP contribution in [0.3, 0.4) is 0 Å². The second-order valence-corrected chi connectivity index (χ2v) is 5.69. The number of aromatic amines is 1. The first-order chi connectivity index (χ1) is 13.7. The maximum Gasteiger partial charge on any atom is 0.224 e. The van der Waals surface area contributed by atoms with Crippen molar-refractivity contribution in [2.24, 2.45) is 0 Å². The van der Waals surface area contributed by atoms with Crippen molar-refractivity contribution in [3.05, 3.63) is 77.6 Å². The van der Waals surface area contributed by atoms with Gasteiger partial charge in [0.05, 0.1) is 0 Å². The molecule has 2 aromatic carbocycles. The number of rotatable bonds is 9. The van der Waals surface area contributed by atoms with Crippen molar-refractivity contribution in [1.29, 1.82) is 0 Å². The molecule has 0 saturated carbocycles. The Morgan fingerprint density at radius 1 is 1.18 bits per heavy atom. The van der Waals surface area contributed by atoms with Crippen LogP contribution in [0.4, 0.5) is 4.39 Å². The fraction of sp³-hybridized carbons (Fsp3) is 0.150. The number of aromatic nitrogens is 3. The van der Waals surface area contributed by atoms with E-state index in [9.17, 15) is 9.18 Å². The van der Waals surface area contributed by atoms with Crippen molar-refractivity contribution in [3.8, 4) is 11.5 Å². The van der Waals surface area contributed by atoms with E-state index in [0.717, 1.165) is 5.56 Å². The van der Waals surface area contributed by atoms with Gasteiger partial charge in [0.2, 0.25) is 11.6 Å². The van der Waals surface area contributed by atoms with Crippen LogP contribution >= 0.6 is 0 Å². The summed E-state index contributed by atoms with van der Waals surface area (Å²) in [6, 6.07) is 11.3. The molecule has 1 N–H and O–H groups in total. The van der Waals surface area contributed by atoms with E-state index in [0.29, 0.717) is 17.1 Å². The minimum atomic E-state index is -0.350. The van der Waals surface area contributed by atoms with Gasteiger partial charge in [-0.1, -0.05) is 12.1 Å². The van der Waals surface area contributed by atoms with Crippen LogP contribution in [-0.4, -0.2) is 34.9 Å². The Labute approximate surface area is 160 Å². The molecule has 0 aliphatic rings. The van der Waals surface area contributed by atoms with Crippen molar-refractivity contribution in [2.45, 2.75) is 6.61 Å². The van der Waals surface area contributed by atoms with Crippen molar-refractivity contribution in [2.75, 3.05) is 13.9 Å². The predicted molar refractivity (Wildman–Crippen MR) is 99.4 cm³/mol. The second-order valence-electron chi connectivity index (χ2n) is 5.69. The molecule has 0 unspecified atom stereocenters. The van der Waals surface area contributed by atoms with Gasteiger partial charge >= 0.3 is 0 Å². The normalized spacial score (nSPS) is 10.9. The summed E-state index contributed by atoms with van der Waals surface area (Å²) in [6.07, 6.45) is 4.27. The molecule has 0 atom stereocenters. The molecule has 144 valence electrons. The van der Waals surface area contributed by atoms with Gasteiger partial charge < -0.3 is 14.2 Å². The number of hydrogen-bond donors (Lipinski definition) is 1. The number of benzene rings is 2. The lowest BCUT2D eigenvalue weighted by atomic mass is 10.1. The monoisotopic (exact) mass is 383 g/mol. The van der Waals surface area contributed by atoms with Gasteiger partial charge in [0.1, 0.15) is 30.3 Å². The summed E-state index contributed by atoms with van der Waals surface area (Å²) in [4.78, 5) is 15.9. The summed E-state index contributed by atoms with van der Waals surface area (Å²) in [5, 5.41) is 6.24. The third kappa shape index (κ3) is 5.24. The first kappa shape index (κ1) is 19.2. The van der Waals surface area contributed by atoms with Gasteiger partial charge in [-0.25, -0.2) is 9.37 Å². The molecule has 7 nitrogen and oxygen atoms in total. The Balaban J connectivity index is 1.75. The molecule has 0 bridgehead atoms. The van der Waals surface area contributed by atoms with Crippen LogP contribution in [0, 0.1) is 5.82 Å². The molecule has 1 heterocycles. The number of allylic oxidation sites excluding steroid dienone is 1. The molecule has 0 saturated heterocycles. The zero-order valence-electron chi connectivity index (χ0n) is 15.1. The Morgan fingerprint density at radius 3 is 2.71 bits per heavy atom. The SMILES string of the molecule is COCOc1ccc(OCc2ccc(F)cc2)cc1C=CC(=O)c1nc[nH]n1. The van der Waals surface area contributed by atoms with Gasteiger partial charge in [-0.15, -0.1) is 0 Å². The number of carbonyl (C=O) groups excluding carboxylic acids is 1. The number of carbonyl (C=O) groups is 1. The fourth-order valence-electron chi connectivity index (χ4n) is 2.32. The lowest BCUT2D eigenvalue weighted by Gasteiger charge is -2.11. The zero-order valence-corrected chi connectivity index (χ0v) is 15.1. The molecule has 8 heteroatoms. The summed E-state index contributed by atoms with van der Waals surface area (Å²) in [5.74, 6) is 0.511. The van der Waals surface area contributed by atoms with Crippen LogP contribution in [-0.2, 0) is 11.3 Å². The molecule has 1 aromatic heterocycles. The number of methoxy groups -OCH3 is 1. The van der Waals surface area contributed by atoms with E-state index in [-0.39, 0.29) is 30.8 Å². The predicted octanol–water partition coefficient (Wildman–Crippen LogP) is 3.40. The Kier molecular flexibility index (Phi) is 6.48. The minimum Gasteiger partial charge on any atom is -0.489 e. The Bertz CT molecular complexity index is 941. The number of ketones is 1. The van der Waals surface area contributed by atoms with E-state index in [1.54, 1.807) is 36.4 Å². The van der Waals surface area contributed by atoms with Crippen molar-refractivity contribution >= 4 is 11.9 Å². The van der Waals surface area contributed by atoms with Gasteiger partial charge in [-0.05, 0) is 48.0 Å². The van der Waals surface area contributed by atoms with E-state index in [2.05, 4.69) is 15.2 Å². The van der Waals surface area contributed by atoms with Gasteiger partial charge in [-0.2, -0.15) is 5.10 Å². The molecule has 0 spiro atoms. The molecule has 0 aliphatic carbocycles. The van der Waals surface area contributed by atoms with Gasteiger partial charge in [0.15, 0.2) is 6.79 Å². The molecule has 3 rings (SSSR count). The van der Waals surface area contributed by atoms with Gasteiger partial charge in [-0.3, -0.25) is 9.89 Å². The largest absolute Gasteiger partial charge is 0.489 e. The summed E-state index contributed by atoms with van der Waals surface area (Å²) < 4.78 is 29.2. The number of halogens is 1. The van der Waals surface area contributed by atoms with Crippen LogP contribution in [0.15, 0.2) is 54.9 Å². The van der Waals surface area contributed by atoms with Crippen LogP contribution in [0.1, 0.15) is 21.7 Å². The molecule has 3 aromatic rings. The molecular weight excluding hydrogens is 365 g/mol. The quantitative estimate of drug-likeness (QED) is 0.346. The highest BCUT2D eigenvalue weighted by Gasteiger charge is 2.08. The first-order valence-electron chi connectivity index (χ1n) is 8.37. The van der Waals surface area contributed by atoms with E-state index in [1.165, 1.54) is 31.6 Å². The standard InChI is InChI=1S/C20H18FN3O4/c1-26-13-28-19-9-7-17(27-11-14-2-5-16(21)6-3-14)10-15(19)4-8-18(25)20-22-12-23-24-20/h2-10,12H,11,13H2,1H3,(H,22,23,24). The average Bonchev–Trinajstić information content (AvgIpc) is 3.25. The molecule has 0 radical (unpaired) electrons. The molecule has 0 fully saturated rings. The summed E-state index contributed by atoms with van der Waals surface area (Å²) in [7, 11) is 1.52. The number of ether oxygens (including phenoxy) is 3. The summed E-state index contributed by atoms with van der Waals surface area (Å²) >= 11 is 0. The zero-order chi connectivity index (χ0) is 19.8. The van der Waals surface area contributed by atoms with Crippen molar-refractivity contribution < 1.29 is 23.4 Å². The maximum atomic E-state index is 13.0. The number of nitrogens with zero attached hydrogens (tertiary/aromatic N) is 2. The Hall–Kier alpha value is -3.52. The van der Waals surface area contributed by atoms with Crippen molar-refractivity contribution in [3.63, 3.8) is 0 Å². The number of nitrogens with one attached hydrogen (secondary N) is 1. The second kappa shape index (κ2) is 9.43. The number of hydrogen-bond acceptors (Lipinski definition) is 6. The van der Waals surface area contributed by atoms with Crippen LogP contribution in [0.2, 0.25) is 0 Å². The molecular formula is C20H18FN3O4. The first-order valence-corrected chi connectivity index (χ1v) is 8.37. The van der Waals surface area contributed by atoms with E-state index >= 15 is 0 Å². The van der Waals surface area contributed by atoms with Gasteiger partial charge in [0, 0.05) is 12.7 Å². The van der Waals surface area contributed by atoms with Crippen LogP contribution in [0.5, 0.6) is 11.5 Å². The highest BCUT2D eigenvalue weighted by atomic mass is 19.1. The lowest BCUT2D eigenvalue weighted by Crippen LogP contribution is -2.02. The van der Waals surface area contributed by atoms with Crippen molar-refractivity contribution in [1.82, 2.24) is 15.2 Å². The smallest absolute Gasteiger partial charge is 0.224 e. The molecule has 0 aliphatic heterocycles. The minimum absolute atomic E-state index is 0.0610. The van der Waals surface area contributed by atoms with E-state index in [4.69, 9.17) is 14.2 Å². The summed E-state index contributed by atoms with van der Waals surface area (Å²) in [6.45, 7) is 0.337. The Morgan fingerprint density at radius 2 is 2.00 bits per heavy atom. The topological polar surface area (TPSA) is 86.3 Å².